The Morgan fingerprint density at radius 2 is 2.26 bits per heavy atom. The van der Waals surface area contributed by atoms with E-state index in [0.29, 0.717) is 26.1 Å². The second-order valence-electron chi connectivity index (χ2n) is 5.34. The molecule has 1 saturated heterocycles. The van der Waals surface area contributed by atoms with Gasteiger partial charge < -0.3 is 14.9 Å². The van der Waals surface area contributed by atoms with E-state index in [0.717, 1.165) is 5.69 Å². The molecule has 6 nitrogen and oxygen atoms in total. The number of amides is 1. The molecular weight excluding hydrogens is 244 g/mol. The van der Waals surface area contributed by atoms with E-state index in [1.54, 1.807) is 11.1 Å². The Kier molecular flexibility index (Phi) is 4.21. The molecule has 1 aliphatic heterocycles. The van der Waals surface area contributed by atoms with Crippen molar-refractivity contribution in [1.29, 1.82) is 0 Å². The smallest absolute Gasteiger partial charge is 0.224 e. The van der Waals surface area contributed by atoms with Crippen molar-refractivity contribution in [3.63, 3.8) is 0 Å². The highest BCUT2D eigenvalue weighted by molar-refractivity contribution is 5.76. The minimum Gasteiger partial charge on any atom is -0.390 e. The van der Waals surface area contributed by atoms with Gasteiger partial charge in [0.05, 0.1) is 12.1 Å². The van der Waals surface area contributed by atoms with Crippen LogP contribution in [-0.4, -0.2) is 69.9 Å². The van der Waals surface area contributed by atoms with Crippen LogP contribution in [0.4, 0.5) is 0 Å². The number of likely N-dealkylation sites (N-methyl/N-ethyl adjacent to an activating group) is 1. The zero-order chi connectivity index (χ0) is 14.0. The van der Waals surface area contributed by atoms with Crippen LogP contribution in [0.15, 0.2) is 12.3 Å². The van der Waals surface area contributed by atoms with E-state index in [9.17, 15) is 9.90 Å². The first-order valence-corrected chi connectivity index (χ1v) is 6.59. The summed E-state index contributed by atoms with van der Waals surface area (Å²) in [7, 11) is 3.85. The normalized spacial score (nSPS) is 23.3. The van der Waals surface area contributed by atoms with Gasteiger partial charge in [-0.1, -0.05) is 0 Å². The van der Waals surface area contributed by atoms with Crippen LogP contribution >= 0.6 is 0 Å². The average molecular weight is 266 g/mol. The van der Waals surface area contributed by atoms with Crippen LogP contribution in [0.1, 0.15) is 12.1 Å². The third-order valence-electron chi connectivity index (χ3n) is 3.74. The lowest BCUT2D eigenvalue weighted by atomic mass is 10.2. The number of likely N-dealkylation sites (tertiary alicyclic amines) is 1. The Morgan fingerprint density at radius 1 is 1.53 bits per heavy atom. The van der Waals surface area contributed by atoms with Crippen molar-refractivity contribution in [3.8, 4) is 0 Å². The first-order valence-electron chi connectivity index (χ1n) is 6.59. The Balaban J connectivity index is 1.86. The average Bonchev–Trinajstić information content (AvgIpc) is 2.92. The van der Waals surface area contributed by atoms with Gasteiger partial charge >= 0.3 is 0 Å². The number of carbonyl (C=O) groups is 1. The molecule has 0 saturated carbocycles. The van der Waals surface area contributed by atoms with E-state index in [1.807, 2.05) is 36.7 Å². The van der Waals surface area contributed by atoms with Gasteiger partial charge in [0.15, 0.2) is 0 Å². The van der Waals surface area contributed by atoms with Gasteiger partial charge in [-0.15, -0.1) is 0 Å². The number of aromatic nitrogens is 2. The molecule has 0 aliphatic carbocycles. The number of rotatable bonds is 4. The van der Waals surface area contributed by atoms with Crippen molar-refractivity contribution >= 4 is 5.91 Å². The molecule has 2 rings (SSSR count). The zero-order valence-electron chi connectivity index (χ0n) is 11.8. The molecule has 1 amide bonds. The molecule has 106 valence electrons. The molecule has 0 unspecified atom stereocenters. The maximum Gasteiger partial charge on any atom is 0.224 e. The minimum absolute atomic E-state index is 0.0374. The van der Waals surface area contributed by atoms with E-state index < -0.39 is 6.10 Å². The third kappa shape index (κ3) is 3.13. The lowest BCUT2D eigenvalue weighted by Gasteiger charge is -2.21. The largest absolute Gasteiger partial charge is 0.390 e. The highest BCUT2D eigenvalue weighted by Crippen LogP contribution is 2.15. The van der Waals surface area contributed by atoms with Gasteiger partial charge in [-0.2, -0.15) is 5.10 Å². The highest BCUT2D eigenvalue weighted by atomic mass is 16.3. The van der Waals surface area contributed by atoms with E-state index in [2.05, 4.69) is 5.10 Å². The van der Waals surface area contributed by atoms with Crippen molar-refractivity contribution < 1.29 is 9.90 Å². The zero-order valence-corrected chi connectivity index (χ0v) is 11.8. The van der Waals surface area contributed by atoms with Gasteiger partial charge in [0.25, 0.3) is 0 Å². The van der Waals surface area contributed by atoms with E-state index in [-0.39, 0.29) is 11.9 Å². The summed E-state index contributed by atoms with van der Waals surface area (Å²) in [5, 5.41) is 14.1. The van der Waals surface area contributed by atoms with Gasteiger partial charge in [-0.25, -0.2) is 0 Å². The fraction of sp³-hybridized carbons (Fsp3) is 0.692. The van der Waals surface area contributed by atoms with Crippen LogP contribution in [0.3, 0.4) is 0 Å². The quantitative estimate of drug-likeness (QED) is 0.814. The van der Waals surface area contributed by atoms with Gasteiger partial charge in [-0.05, 0) is 27.1 Å². The number of nitrogens with zero attached hydrogens (tertiary/aromatic N) is 4. The van der Waals surface area contributed by atoms with Crippen molar-refractivity contribution in [2.75, 3.05) is 27.2 Å². The minimum atomic E-state index is -0.453. The molecule has 19 heavy (non-hydrogen) atoms. The summed E-state index contributed by atoms with van der Waals surface area (Å²) in [5.41, 5.74) is 1.06. The lowest BCUT2D eigenvalue weighted by Crippen LogP contribution is -2.38. The molecule has 1 aliphatic rings. The first-order chi connectivity index (χ1) is 8.99. The van der Waals surface area contributed by atoms with Gasteiger partial charge in [0.1, 0.15) is 0 Å². The number of aliphatic hydroxyl groups excluding tert-OH is 1. The summed E-state index contributed by atoms with van der Waals surface area (Å²) in [5.74, 6) is 0.0818. The number of hydrogen-bond donors (Lipinski definition) is 1. The predicted octanol–water partition coefficient (Wildman–Crippen LogP) is -0.285. The van der Waals surface area contributed by atoms with E-state index >= 15 is 0 Å². The maximum atomic E-state index is 12.1. The predicted molar refractivity (Wildman–Crippen MR) is 71.6 cm³/mol. The summed E-state index contributed by atoms with van der Waals surface area (Å²) in [6.45, 7) is 3.60. The summed E-state index contributed by atoms with van der Waals surface area (Å²) in [4.78, 5) is 15.8. The molecule has 0 bridgehead atoms. The van der Waals surface area contributed by atoms with Gasteiger partial charge in [0, 0.05) is 37.9 Å². The van der Waals surface area contributed by atoms with Crippen molar-refractivity contribution in [1.82, 2.24) is 19.6 Å². The summed E-state index contributed by atoms with van der Waals surface area (Å²) in [6, 6.07) is 1.96. The Labute approximate surface area is 113 Å². The molecule has 2 heterocycles. The number of aryl methyl sites for hydroxylation is 2. The van der Waals surface area contributed by atoms with Crippen LogP contribution in [0.5, 0.6) is 0 Å². The number of β-amino-alcohol motifs (C(OH)–C–C–N with tert-alkyl or cyclic N) is 1. The van der Waals surface area contributed by atoms with Gasteiger partial charge in [0.2, 0.25) is 5.91 Å². The van der Waals surface area contributed by atoms with Gasteiger partial charge in [-0.3, -0.25) is 9.48 Å². The fourth-order valence-corrected chi connectivity index (χ4v) is 2.47. The van der Waals surface area contributed by atoms with Crippen molar-refractivity contribution in [2.24, 2.45) is 0 Å². The van der Waals surface area contributed by atoms with Crippen LogP contribution in [-0.2, 0) is 11.3 Å². The second-order valence-corrected chi connectivity index (χ2v) is 5.34. The van der Waals surface area contributed by atoms with Crippen LogP contribution in [0, 0.1) is 6.92 Å². The monoisotopic (exact) mass is 266 g/mol. The second kappa shape index (κ2) is 5.71. The molecule has 1 aromatic rings. The van der Waals surface area contributed by atoms with Crippen LogP contribution < -0.4 is 0 Å². The molecule has 1 fully saturated rings. The SMILES string of the molecule is Cc1ccnn1CCC(=O)N1C[C@@H](O)[C@H](N(C)C)C1. The lowest BCUT2D eigenvalue weighted by molar-refractivity contribution is -0.130. The molecule has 1 N–H and O–H groups in total. The standard InChI is InChI=1S/C13H22N4O2/c1-10-4-6-14-17(10)7-5-13(19)16-8-11(15(2)3)12(18)9-16/h4,6,11-12,18H,5,7-9H2,1-3H3/t11-,12-/m1/s1. The number of aliphatic hydroxyl groups is 1. The van der Waals surface area contributed by atoms with Crippen LogP contribution in [0.2, 0.25) is 0 Å². The molecular formula is C13H22N4O2. The molecule has 0 aromatic carbocycles. The van der Waals surface area contributed by atoms with E-state index in [4.69, 9.17) is 0 Å². The van der Waals surface area contributed by atoms with Crippen molar-refractivity contribution in [3.05, 3.63) is 18.0 Å². The summed E-state index contributed by atoms with van der Waals surface area (Å²) < 4.78 is 1.83. The molecule has 2 atom stereocenters. The number of hydrogen-bond acceptors (Lipinski definition) is 4. The topological polar surface area (TPSA) is 61.6 Å². The number of carbonyl (C=O) groups excluding carboxylic acids is 1. The third-order valence-corrected chi connectivity index (χ3v) is 3.74. The Hall–Kier alpha value is -1.40. The summed E-state index contributed by atoms with van der Waals surface area (Å²) >= 11 is 0. The molecule has 0 radical (unpaired) electrons. The molecule has 6 heteroatoms. The van der Waals surface area contributed by atoms with Crippen molar-refractivity contribution in [2.45, 2.75) is 32.0 Å². The molecule has 1 aromatic heterocycles. The molecule has 0 spiro atoms. The highest BCUT2D eigenvalue weighted by Gasteiger charge is 2.34. The summed E-state index contributed by atoms with van der Waals surface area (Å²) in [6.07, 6.45) is 1.71. The first kappa shape index (κ1) is 14.0. The van der Waals surface area contributed by atoms with Crippen LogP contribution in [0.25, 0.3) is 0 Å². The fourth-order valence-electron chi connectivity index (χ4n) is 2.47. The maximum absolute atomic E-state index is 12.1. The Morgan fingerprint density at radius 3 is 2.79 bits per heavy atom. The Bertz CT molecular complexity index is 444. The van der Waals surface area contributed by atoms with E-state index in [1.165, 1.54) is 0 Å².